The number of carbonyl (C=O) groups is 2. The minimum Gasteiger partial charge on any atom is -0.489 e. The van der Waals surface area contributed by atoms with Gasteiger partial charge in [-0.15, -0.1) is 0 Å². The van der Waals surface area contributed by atoms with Crippen molar-refractivity contribution in [1.29, 1.82) is 0 Å². The molecule has 1 aromatic carbocycles. The van der Waals surface area contributed by atoms with E-state index in [1.165, 1.54) is 19.3 Å². The van der Waals surface area contributed by atoms with Crippen LogP contribution in [0.15, 0.2) is 42.2 Å². The summed E-state index contributed by atoms with van der Waals surface area (Å²) >= 11 is 0. The van der Waals surface area contributed by atoms with Crippen molar-refractivity contribution in [3.63, 3.8) is 0 Å². The molecule has 30 heavy (non-hydrogen) atoms. The monoisotopic (exact) mass is 416 g/mol. The molecule has 7 nitrogen and oxygen atoms in total. The molecule has 5 N–H and O–H groups in total. The molecule has 0 radical (unpaired) electrons. The number of amides is 1. The number of aldehydes is 1. The van der Waals surface area contributed by atoms with E-state index in [0.717, 1.165) is 5.56 Å². The number of hydrogen-bond donors (Lipinski definition) is 3. The lowest BCUT2D eigenvalue weighted by Gasteiger charge is -2.20. The smallest absolute Gasteiger partial charge is 0.255 e. The average molecular weight is 416 g/mol. The SMILES string of the molecule is C/C(N)=C(\C(=O)NC(C)(C)C=O)c1cc(OCc2c(C)cccc2F)ccn1.CN. The summed E-state index contributed by atoms with van der Waals surface area (Å²) in [5, 5.41) is 2.60. The molecule has 0 atom stereocenters. The Kier molecular flexibility index (Phi) is 9.14. The van der Waals surface area contributed by atoms with E-state index in [-0.39, 0.29) is 23.7 Å². The Balaban J connectivity index is 0.00000218. The Morgan fingerprint density at radius 2 is 1.97 bits per heavy atom. The van der Waals surface area contributed by atoms with Crippen LogP contribution < -0.4 is 21.5 Å². The normalized spacial score (nSPS) is 11.6. The molecule has 0 spiro atoms. The number of hydrogen-bond acceptors (Lipinski definition) is 6. The van der Waals surface area contributed by atoms with Gasteiger partial charge in [0.05, 0.1) is 16.8 Å². The fraction of sp³-hybridized carbons (Fsp3) is 0.318. The second-order valence-electron chi connectivity index (χ2n) is 7.05. The lowest BCUT2D eigenvalue weighted by atomic mass is 10.0. The van der Waals surface area contributed by atoms with Crippen molar-refractivity contribution in [3.8, 4) is 5.75 Å². The molecule has 0 saturated carbocycles. The fourth-order valence-corrected chi connectivity index (χ4v) is 2.52. The van der Waals surface area contributed by atoms with Crippen LogP contribution in [0.1, 0.15) is 37.6 Å². The predicted molar refractivity (Wildman–Crippen MR) is 115 cm³/mol. The van der Waals surface area contributed by atoms with Crippen LogP contribution in [0.25, 0.3) is 5.57 Å². The second kappa shape index (κ2) is 11.1. The number of aromatic nitrogens is 1. The molecule has 0 aliphatic rings. The molecule has 0 aliphatic carbocycles. The number of halogens is 1. The van der Waals surface area contributed by atoms with Crippen LogP contribution in [0.5, 0.6) is 5.75 Å². The van der Waals surface area contributed by atoms with Crippen LogP contribution in [0.2, 0.25) is 0 Å². The third-order valence-corrected chi connectivity index (χ3v) is 4.08. The molecule has 1 amide bonds. The van der Waals surface area contributed by atoms with Crippen molar-refractivity contribution in [1.82, 2.24) is 10.3 Å². The first-order valence-electron chi connectivity index (χ1n) is 9.31. The van der Waals surface area contributed by atoms with Gasteiger partial charge in [-0.1, -0.05) is 12.1 Å². The van der Waals surface area contributed by atoms with Gasteiger partial charge in [0.25, 0.3) is 5.91 Å². The number of allylic oxidation sites excluding steroid dienone is 1. The minimum absolute atomic E-state index is 0.0347. The van der Waals surface area contributed by atoms with Crippen molar-refractivity contribution in [3.05, 3.63) is 64.9 Å². The van der Waals surface area contributed by atoms with Crippen LogP contribution in [-0.4, -0.2) is 29.8 Å². The van der Waals surface area contributed by atoms with Gasteiger partial charge >= 0.3 is 0 Å². The van der Waals surface area contributed by atoms with E-state index in [2.05, 4.69) is 16.0 Å². The summed E-state index contributed by atoms with van der Waals surface area (Å²) in [6.07, 6.45) is 2.11. The predicted octanol–water partition coefficient (Wildman–Crippen LogP) is 2.47. The zero-order chi connectivity index (χ0) is 22.9. The van der Waals surface area contributed by atoms with Gasteiger partial charge in [-0.3, -0.25) is 9.78 Å². The van der Waals surface area contributed by atoms with Gasteiger partial charge in [-0.25, -0.2) is 4.39 Å². The van der Waals surface area contributed by atoms with E-state index < -0.39 is 11.4 Å². The van der Waals surface area contributed by atoms with Crippen molar-refractivity contribution in [2.75, 3.05) is 7.05 Å². The summed E-state index contributed by atoms with van der Waals surface area (Å²) < 4.78 is 19.7. The van der Waals surface area contributed by atoms with Gasteiger partial charge in [0.2, 0.25) is 0 Å². The minimum atomic E-state index is -1.05. The molecule has 0 aliphatic heterocycles. The average Bonchev–Trinajstić information content (AvgIpc) is 2.69. The van der Waals surface area contributed by atoms with Gasteiger partial charge in [0.1, 0.15) is 24.5 Å². The highest BCUT2D eigenvalue weighted by Gasteiger charge is 2.24. The van der Waals surface area contributed by atoms with Crippen molar-refractivity contribution >= 4 is 17.8 Å². The first kappa shape index (κ1) is 24.8. The Hall–Kier alpha value is -3.26. The molecule has 2 aromatic rings. The van der Waals surface area contributed by atoms with E-state index >= 15 is 0 Å². The van der Waals surface area contributed by atoms with Gasteiger partial charge in [0.15, 0.2) is 0 Å². The van der Waals surface area contributed by atoms with Crippen LogP contribution in [-0.2, 0) is 16.2 Å². The van der Waals surface area contributed by atoms with Crippen molar-refractivity contribution in [2.45, 2.75) is 39.8 Å². The Morgan fingerprint density at radius 1 is 1.30 bits per heavy atom. The first-order valence-corrected chi connectivity index (χ1v) is 9.31. The van der Waals surface area contributed by atoms with Gasteiger partial charge in [-0.2, -0.15) is 0 Å². The summed E-state index contributed by atoms with van der Waals surface area (Å²) in [6.45, 7) is 6.56. The van der Waals surface area contributed by atoms with Crippen LogP contribution in [0.3, 0.4) is 0 Å². The first-order chi connectivity index (χ1) is 14.1. The Bertz CT molecular complexity index is 902. The van der Waals surface area contributed by atoms with Gasteiger partial charge in [-0.05, 0) is 52.4 Å². The van der Waals surface area contributed by atoms with E-state index in [1.54, 1.807) is 52.0 Å². The summed E-state index contributed by atoms with van der Waals surface area (Å²) in [6, 6.07) is 7.98. The molecule has 0 fully saturated rings. The van der Waals surface area contributed by atoms with Crippen LogP contribution in [0, 0.1) is 12.7 Å². The molecular weight excluding hydrogens is 387 g/mol. The number of rotatable bonds is 7. The Morgan fingerprint density at radius 3 is 2.53 bits per heavy atom. The number of carbonyl (C=O) groups excluding carboxylic acids is 2. The lowest BCUT2D eigenvalue weighted by Crippen LogP contribution is -2.45. The lowest BCUT2D eigenvalue weighted by molar-refractivity contribution is -0.121. The number of nitrogens with zero attached hydrogens (tertiary/aromatic N) is 1. The number of nitrogens with one attached hydrogen (secondary N) is 1. The quantitative estimate of drug-likeness (QED) is 0.471. The topological polar surface area (TPSA) is 120 Å². The van der Waals surface area contributed by atoms with E-state index in [1.807, 2.05) is 0 Å². The molecule has 1 aromatic heterocycles. The number of nitrogens with two attached hydrogens (primary N) is 2. The number of aryl methyl sites for hydroxylation is 1. The van der Waals surface area contributed by atoms with Gasteiger partial charge < -0.3 is 26.3 Å². The maximum absolute atomic E-state index is 14.0. The van der Waals surface area contributed by atoms with Crippen molar-refractivity contribution < 1.29 is 18.7 Å². The Labute approximate surface area is 176 Å². The molecule has 162 valence electrons. The highest BCUT2D eigenvalue weighted by Crippen LogP contribution is 2.22. The van der Waals surface area contributed by atoms with Crippen molar-refractivity contribution in [2.24, 2.45) is 11.5 Å². The van der Waals surface area contributed by atoms with Crippen LogP contribution in [0.4, 0.5) is 4.39 Å². The summed E-state index contributed by atoms with van der Waals surface area (Å²) in [7, 11) is 1.50. The standard InChI is InChI=1S/C21H24FN3O3.CH5N/c1-13-6-5-7-17(22)16(13)11-28-15-8-9-24-18(10-15)19(14(2)23)20(27)25-21(3,4)12-26;1-2/h5-10,12H,11,23H2,1-4H3,(H,25,27);2H2,1H3/b19-14+;. The maximum Gasteiger partial charge on any atom is 0.255 e. The zero-order valence-electron chi connectivity index (χ0n) is 18.0. The van der Waals surface area contributed by atoms with Gasteiger partial charge in [0, 0.05) is 23.5 Å². The number of benzene rings is 1. The molecule has 2 rings (SSSR count). The molecule has 0 saturated heterocycles. The maximum atomic E-state index is 14.0. The highest BCUT2D eigenvalue weighted by molar-refractivity contribution is 6.20. The third-order valence-electron chi connectivity index (χ3n) is 4.08. The molecule has 1 heterocycles. The highest BCUT2D eigenvalue weighted by atomic mass is 19.1. The molecule has 0 unspecified atom stereocenters. The molecule has 0 bridgehead atoms. The molecule has 8 heteroatoms. The number of ether oxygens (including phenoxy) is 1. The van der Waals surface area contributed by atoms with Crippen LogP contribution >= 0.6 is 0 Å². The van der Waals surface area contributed by atoms with E-state index in [0.29, 0.717) is 23.3 Å². The molecular formula is C22H29FN4O3. The second-order valence-corrected chi connectivity index (χ2v) is 7.05. The van der Waals surface area contributed by atoms with E-state index in [4.69, 9.17) is 10.5 Å². The van der Waals surface area contributed by atoms with E-state index in [9.17, 15) is 14.0 Å². The fourth-order valence-electron chi connectivity index (χ4n) is 2.52. The summed E-state index contributed by atoms with van der Waals surface area (Å²) in [5.41, 5.74) is 11.3. The summed E-state index contributed by atoms with van der Waals surface area (Å²) in [4.78, 5) is 27.9. The third kappa shape index (κ3) is 6.66. The largest absolute Gasteiger partial charge is 0.489 e. The summed E-state index contributed by atoms with van der Waals surface area (Å²) in [5.74, 6) is -0.455. The number of pyridine rings is 1. The zero-order valence-corrected chi connectivity index (χ0v) is 18.0.